The molecule has 3 rings (SSSR count). The number of hydrogen-bond acceptors (Lipinski definition) is 5. The first kappa shape index (κ1) is 18.9. The van der Waals surface area contributed by atoms with Gasteiger partial charge in [0.1, 0.15) is 10.8 Å². The van der Waals surface area contributed by atoms with Crippen LogP contribution >= 0.6 is 11.3 Å². The molecule has 140 valence electrons. The summed E-state index contributed by atoms with van der Waals surface area (Å²) in [5.41, 5.74) is 0.387. The minimum atomic E-state index is -0.431. The fourth-order valence-electron chi connectivity index (χ4n) is 2.64. The van der Waals surface area contributed by atoms with Crippen molar-refractivity contribution in [3.05, 3.63) is 59.0 Å². The molecule has 0 fully saturated rings. The molecule has 0 aliphatic heterocycles. The molecule has 0 aliphatic rings. The molecular formula is C21H21NO4S. The molecule has 0 saturated carbocycles. The third kappa shape index (κ3) is 4.65. The SMILES string of the molecule is CCOC(=O)c1cc(CC)sc1NC(=O)COc1ccc2ccccc2c1. The Balaban J connectivity index is 1.66. The monoisotopic (exact) mass is 383 g/mol. The Bertz CT molecular complexity index is 964. The predicted molar refractivity (Wildman–Crippen MR) is 108 cm³/mol. The summed E-state index contributed by atoms with van der Waals surface area (Å²) in [6, 6.07) is 15.4. The zero-order valence-electron chi connectivity index (χ0n) is 15.3. The number of anilines is 1. The number of rotatable bonds is 7. The molecule has 0 aliphatic carbocycles. The molecule has 0 saturated heterocycles. The molecule has 5 nitrogen and oxygen atoms in total. The summed E-state index contributed by atoms with van der Waals surface area (Å²) in [5, 5.41) is 5.42. The molecule has 0 bridgehead atoms. The van der Waals surface area contributed by atoms with Crippen molar-refractivity contribution in [2.75, 3.05) is 18.5 Å². The number of hydrogen-bond donors (Lipinski definition) is 1. The molecule has 0 spiro atoms. The number of carbonyl (C=O) groups excluding carboxylic acids is 2. The van der Waals surface area contributed by atoms with Crippen LogP contribution in [0.1, 0.15) is 29.1 Å². The van der Waals surface area contributed by atoms with Crippen LogP contribution < -0.4 is 10.1 Å². The highest BCUT2D eigenvalue weighted by Gasteiger charge is 2.18. The Morgan fingerprint density at radius 1 is 1.04 bits per heavy atom. The number of nitrogens with one attached hydrogen (secondary N) is 1. The smallest absolute Gasteiger partial charge is 0.341 e. The fourth-order valence-corrected chi connectivity index (χ4v) is 3.64. The van der Waals surface area contributed by atoms with Gasteiger partial charge in [-0.1, -0.05) is 37.3 Å². The number of fused-ring (bicyclic) bond motifs is 1. The number of aryl methyl sites for hydroxylation is 1. The second-order valence-corrected chi connectivity index (χ2v) is 7.01. The number of carbonyl (C=O) groups is 2. The summed E-state index contributed by atoms with van der Waals surface area (Å²) in [4.78, 5) is 25.4. The molecular weight excluding hydrogens is 362 g/mol. The van der Waals surface area contributed by atoms with E-state index in [-0.39, 0.29) is 19.1 Å². The van der Waals surface area contributed by atoms with Gasteiger partial charge in [0.2, 0.25) is 0 Å². The lowest BCUT2D eigenvalue weighted by Gasteiger charge is -2.08. The van der Waals surface area contributed by atoms with Crippen LogP contribution in [-0.2, 0) is 16.0 Å². The first-order valence-electron chi connectivity index (χ1n) is 8.82. The predicted octanol–water partition coefficient (Wildman–Crippen LogP) is 4.66. The minimum absolute atomic E-state index is 0.139. The third-order valence-corrected chi connectivity index (χ3v) is 5.17. The molecule has 1 N–H and O–H groups in total. The van der Waals surface area contributed by atoms with Crippen LogP contribution in [0.3, 0.4) is 0 Å². The summed E-state index contributed by atoms with van der Waals surface area (Å²) < 4.78 is 10.7. The summed E-state index contributed by atoms with van der Waals surface area (Å²) in [6.45, 7) is 3.89. The quantitative estimate of drug-likeness (QED) is 0.603. The van der Waals surface area contributed by atoms with Gasteiger partial charge >= 0.3 is 5.97 Å². The maximum Gasteiger partial charge on any atom is 0.341 e. The second kappa shape index (κ2) is 8.68. The molecule has 0 unspecified atom stereocenters. The Kier molecular flexibility index (Phi) is 6.08. The van der Waals surface area contributed by atoms with Crippen molar-refractivity contribution < 1.29 is 19.1 Å². The number of amides is 1. The molecule has 1 amide bonds. The summed E-state index contributed by atoms with van der Waals surface area (Å²) in [5.74, 6) is -0.132. The van der Waals surface area contributed by atoms with E-state index in [1.807, 2.05) is 49.4 Å². The normalized spacial score (nSPS) is 10.6. The van der Waals surface area contributed by atoms with Crippen LogP contribution in [0, 0.1) is 0 Å². The van der Waals surface area contributed by atoms with Crippen LogP contribution in [0.15, 0.2) is 48.5 Å². The average Bonchev–Trinajstić information content (AvgIpc) is 3.09. The molecule has 3 aromatic rings. The molecule has 1 heterocycles. The molecule has 6 heteroatoms. The molecule has 2 aromatic carbocycles. The Hall–Kier alpha value is -2.86. The first-order valence-corrected chi connectivity index (χ1v) is 9.63. The van der Waals surface area contributed by atoms with Gasteiger partial charge in [-0.25, -0.2) is 4.79 Å². The van der Waals surface area contributed by atoms with E-state index in [2.05, 4.69) is 5.32 Å². The summed E-state index contributed by atoms with van der Waals surface area (Å²) >= 11 is 1.38. The average molecular weight is 383 g/mol. The maximum absolute atomic E-state index is 12.3. The molecule has 0 radical (unpaired) electrons. The van der Waals surface area contributed by atoms with Gasteiger partial charge in [0.25, 0.3) is 5.91 Å². The van der Waals surface area contributed by atoms with Gasteiger partial charge in [-0.15, -0.1) is 11.3 Å². The van der Waals surface area contributed by atoms with E-state index in [1.165, 1.54) is 11.3 Å². The van der Waals surface area contributed by atoms with Crippen molar-refractivity contribution in [3.8, 4) is 5.75 Å². The highest BCUT2D eigenvalue weighted by atomic mass is 32.1. The van der Waals surface area contributed by atoms with Crippen LogP contribution in [0.2, 0.25) is 0 Å². The molecule has 27 heavy (non-hydrogen) atoms. The Morgan fingerprint density at radius 2 is 1.81 bits per heavy atom. The lowest BCUT2D eigenvalue weighted by molar-refractivity contribution is -0.118. The van der Waals surface area contributed by atoms with Crippen molar-refractivity contribution in [2.45, 2.75) is 20.3 Å². The van der Waals surface area contributed by atoms with E-state index in [0.717, 1.165) is 22.1 Å². The largest absolute Gasteiger partial charge is 0.484 e. The maximum atomic E-state index is 12.3. The van der Waals surface area contributed by atoms with Crippen molar-refractivity contribution >= 4 is 39.0 Å². The standard InChI is InChI=1S/C21H21NO4S/c1-3-17-12-18(21(24)25-4-2)20(27-17)22-19(23)13-26-16-10-9-14-7-5-6-8-15(14)11-16/h5-12H,3-4,13H2,1-2H3,(H,22,23). The highest BCUT2D eigenvalue weighted by molar-refractivity contribution is 7.16. The van der Waals surface area contributed by atoms with Gasteiger partial charge in [-0.3, -0.25) is 4.79 Å². The van der Waals surface area contributed by atoms with Crippen molar-refractivity contribution in [2.24, 2.45) is 0 Å². The number of benzene rings is 2. The topological polar surface area (TPSA) is 64.6 Å². The fraction of sp³-hybridized carbons (Fsp3) is 0.238. The Morgan fingerprint density at radius 3 is 2.56 bits per heavy atom. The van der Waals surface area contributed by atoms with Crippen LogP contribution in [0.4, 0.5) is 5.00 Å². The zero-order chi connectivity index (χ0) is 19.2. The third-order valence-electron chi connectivity index (χ3n) is 3.97. The van der Waals surface area contributed by atoms with E-state index in [4.69, 9.17) is 9.47 Å². The number of thiophene rings is 1. The number of esters is 1. The first-order chi connectivity index (χ1) is 13.1. The van der Waals surface area contributed by atoms with Crippen LogP contribution in [0.5, 0.6) is 5.75 Å². The van der Waals surface area contributed by atoms with E-state index in [0.29, 0.717) is 16.3 Å². The van der Waals surface area contributed by atoms with Gasteiger partial charge in [0.05, 0.1) is 12.2 Å². The van der Waals surface area contributed by atoms with Crippen LogP contribution in [-0.4, -0.2) is 25.1 Å². The highest BCUT2D eigenvalue weighted by Crippen LogP contribution is 2.29. The van der Waals surface area contributed by atoms with Crippen LogP contribution in [0.25, 0.3) is 10.8 Å². The summed E-state index contributed by atoms with van der Waals surface area (Å²) in [7, 11) is 0. The minimum Gasteiger partial charge on any atom is -0.484 e. The Labute approximate surface area is 161 Å². The van der Waals surface area contributed by atoms with Crippen molar-refractivity contribution in [1.29, 1.82) is 0 Å². The van der Waals surface area contributed by atoms with E-state index >= 15 is 0 Å². The van der Waals surface area contributed by atoms with E-state index < -0.39 is 5.97 Å². The number of ether oxygens (including phenoxy) is 2. The van der Waals surface area contributed by atoms with Gasteiger partial charge in [-0.2, -0.15) is 0 Å². The zero-order valence-corrected chi connectivity index (χ0v) is 16.1. The summed E-state index contributed by atoms with van der Waals surface area (Å²) in [6.07, 6.45) is 0.778. The lowest BCUT2D eigenvalue weighted by atomic mass is 10.1. The van der Waals surface area contributed by atoms with Gasteiger partial charge in [-0.05, 0) is 42.3 Å². The van der Waals surface area contributed by atoms with E-state index in [1.54, 1.807) is 13.0 Å². The molecule has 1 aromatic heterocycles. The van der Waals surface area contributed by atoms with Gasteiger partial charge in [0, 0.05) is 4.88 Å². The second-order valence-electron chi connectivity index (χ2n) is 5.88. The molecule has 0 atom stereocenters. The lowest BCUT2D eigenvalue weighted by Crippen LogP contribution is -2.21. The van der Waals surface area contributed by atoms with Crippen molar-refractivity contribution in [1.82, 2.24) is 0 Å². The van der Waals surface area contributed by atoms with Crippen molar-refractivity contribution in [3.63, 3.8) is 0 Å². The van der Waals surface area contributed by atoms with Gasteiger partial charge in [0.15, 0.2) is 6.61 Å². The van der Waals surface area contributed by atoms with E-state index in [9.17, 15) is 9.59 Å². The van der Waals surface area contributed by atoms with Gasteiger partial charge < -0.3 is 14.8 Å².